The highest BCUT2D eigenvalue weighted by Crippen LogP contribution is 2.13. The first-order chi connectivity index (χ1) is 8.29. The van der Waals surface area contributed by atoms with E-state index < -0.39 is 0 Å². The summed E-state index contributed by atoms with van der Waals surface area (Å²) in [6, 6.07) is 7.94. The van der Waals surface area contributed by atoms with Crippen LogP contribution < -0.4 is 11.1 Å². The predicted octanol–water partition coefficient (Wildman–Crippen LogP) is 1.86. The van der Waals surface area contributed by atoms with E-state index in [1.54, 1.807) is 12.4 Å². The molecule has 88 valence electrons. The fourth-order valence-corrected chi connectivity index (χ4v) is 1.59. The van der Waals surface area contributed by atoms with Crippen molar-refractivity contribution in [3.63, 3.8) is 0 Å². The largest absolute Gasteiger partial charge is 0.366 e. The number of hydrogen-bond acceptors (Lipinski definition) is 4. The molecule has 0 bridgehead atoms. The quantitative estimate of drug-likeness (QED) is 0.838. The van der Waals surface area contributed by atoms with Crippen molar-refractivity contribution in [1.82, 2.24) is 9.97 Å². The minimum atomic E-state index is 0.492. The normalized spacial score (nSPS) is 10.2. The molecular formula is C13H16N4. The van der Waals surface area contributed by atoms with Crippen LogP contribution in [0, 0.1) is 6.92 Å². The lowest BCUT2D eigenvalue weighted by atomic mass is 10.2. The molecule has 2 rings (SSSR count). The molecule has 4 heteroatoms. The third kappa shape index (κ3) is 3.01. The number of aromatic nitrogens is 2. The van der Waals surface area contributed by atoms with E-state index in [1.165, 1.54) is 5.56 Å². The first-order valence-electron chi connectivity index (χ1n) is 5.59. The second kappa shape index (κ2) is 5.41. The van der Waals surface area contributed by atoms with Gasteiger partial charge in [0.1, 0.15) is 5.82 Å². The van der Waals surface area contributed by atoms with Crippen molar-refractivity contribution < 1.29 is 0 Å². The minimum Gasteiger partial charge on any atom is -0.366 e. The number of nitrogens with zero attached hydrogens (tertiary/aromatic N) is 2. The number of pyridine rings is 2. The van der Waals surface area contributed by atoms with Gasteiger partial charge in [-0.1, -0.05) is 6.07 Å². The highest BCUT2D eigenvalue weighted by atomic mass is 15.0. The van der Waals surface area contributed by atoms with Gasteiger partial charge >= 0.3 is 0 Å². The summed E-state index contributed by atoms with van der Waals surface area (Å²) >= 11 is 0. The van der Waals surface area contributed by atoms with Gasteiger partial charge in [0.05, 0.1) is 0 Å². The Hall–Kier alpha value is -1.94. The number of nitrogens with one attached hydrogen (secondary N) is 1. The molecule has 4 nitrogen and oxygen atoms in total. The summed E-state index contributed by atoms with van der Waals surface area (Å²) in [4.78, 5) is 8.44. The van der Waals surface area contributed by atoms with E-state index in [9.17, 15) is 0 Å². The molecule has 3 N–H and O–H groups in total. The lowest BCUT2D eigenvalue weighted by Crippen LogP contribution is -2.08. The van der Waals surface area contributed by atoms with Crippen molar-refractivity contribution in [2.45, 2.75) is 20.0 Å². The Balaban J connectivity index is 2.11. The Labute approximate surface area is 101 Å². The van der Waals surface area contributed by atoms with Crippen LogP contribution in [0.25, 0.3) is 0 Å². The molecular weight excluding hydrogens is 212 g/mol. The van der Waals surface area contributed by atoms with Gasteiger partial charge in [-0.15, -0.1) is 0 Å². The molecule has 0 aliphatic rings. The van der Waals surface area contributed by atoms with Crippen LogP contribution in [0.4, 0.5) is 5.82 Å². The van der Waals surface area contributed by atoms with Crippen molar-refractivity contribution in [3.8, 4) is 0 Å². The van der Waals surface area contributed by atoms with Gasteiger partial charge in [-0.05, 0) is 30.7 Å². The van der Waals surface area contributed by atoms with Crippen LogP contribution >= 0.6 is 0 Å². The maximum absolute atomic E-state index is 5.68. The van der Waals surface area contributed by atoms with E-state index >= 15 is 0 Å². The first-order valence-corrected chi connectivity index (χ1v) is 5.59. The number of rotatable bonds is 4. The summed E-state index contributed by atoms with van der Waals surface area (Å²) < 4.78 is 0. The van der Waals surface area contributed by atoms with E-state index in [2.05, 4.69) is 15.3 Å². The van der Waals surface area contributed by atoms with Crippen LogP contribution in [0.5, 0.6) is 0 Å². The van der Waals surface area contributed by atoms with Gasteiger partial charge in [0.15, 0.2) is 0 Å². The second-order valence-electron chi connectivity index (χ2n) is 3.87. The predicted molar refractivity (Wildman–Crippen MR) is 68.4 cm³/mol. The Bertz CT molecular complexity index is 482. The van der Waals surface area contributed by atoms with Gasteiger partial charge in [-0.3, -0.25) is 4.98 Å². The zero-order valence-electron chi connectivity index (χ0n) is 9.85. The van der Waals surface area contributed by atoms with E-state index in [-0.39, 0.29) is 0 Å². The molecule has 0 aliphatic carbocycles. The topological polar surface area (TPSA) is 63.8 Å². The Kier molecular flexibility index (Phi) is 3.67. The highest BCUT2D eigenvalue weighted by Gasteiger charge is 2.02. The highest BCUT2D eigenvalue weighted by molar-refractivity contribution is 5.45. The van der Waals surface area contributed by atoms with Crippen LogP contribution in [0.3, 0.4) is 0 Å². The minimum absolute atomic E-state index is 0.492. The van der Waals surface area contributed by atoms with Gasteiger partial charge in [-0.2, -0.15) is 0 Å². The van der Waals surface area contributed by atoms with Crippen LogP contribution in [-0.2, 0) is 13.1 Å². The number of aryl methyl sites for hydroxylation is 1. The number of hydrogen-bond donors (Lipinski definition) is 2. The van der Waals surface area contributed by atoms with Crippen molar-refractivity contribution in [3.05, 3.63) is 53.5 Å². The summed E-state index contributed by atoms with van der Waals surface area (Å²) in [5.74, 6) is 0.865. The molecule has 0 fully saturated rings. The van der Waals surface area contributed by atoms with Crippen molar-refractivity contribution >= 4 is 5.82 Å². The molecule has 0 aromatic carbocycles. The molecule has 0 atom stereocenters. The fraction of sp³-hybridized carbons (Fsp3) is 0.231. The maximum Gasteiger partial charge on any atom is 0.131 e. The van der Waals surface area contributed by atoms with Crippen molar-refractivity contribution in [2.24, 2.45) is 5.73 Å². The van der Waals surface area contributed by atoms with Gasteiger partial charge in [-0.25, -0.2) is 4.98 Å². The van der Waals surface area contributed by atoms with Crippen LogP contribution in [0.2, 0.25) is 0 Å². The zero-order valence-corrected chi connectivity index (χ0v) is 9.85. The molecule has 0 unspecified atom stereocenters. The number of nitrogens with two attached hydrogens (primary N) is 1. The van der Waals surface area contributed by atoms with E-state index in [1.807, 2.05) is 31.2 Å². The van der Waals surface area contributed by atoms with Crippen LogP contribution in [0.15, 0.2) is 36.7 Å². The zero-order chi connectivity index (χ0) is 12.1. The molecule has 0 amide bonds. The van der Waals surface area contributed by atoms with Crippen molar-refractivity contribution in [2.75, 3.05) is 5.32 Å². The lowest BCUT2D eigenvalue weighted by Gasteiger charge is -2.10. The van der Waals surface area contributed by atoms with E-state index in [0.717, 1.165) is 23.6 Å². The SMILES string of the molecule is Cc1ccc(CN)c(NCc2ccncc2)n1. The number of anilines is 1. The summed E-state index contributed by atoms with van der Waals surface area (Å²) in [5.41, 5.74) is 8.87. The molecule has 0 radical (unpaired) electrons. The van der Waals surface area contributed by atoms with Crippen LogP contribution in [0.1, 0.15) is 16.8 Å². The Morgan fingerprint density at radius 1 is 1.18 bits per heavy atom. The molecule has 17 heavy (non-hydrogen) atoms. The molecule has 0 spiro atoms. The summed E-state index contributed by atoms with van der Waals surface area (Å²) in [5, 5.41) is 3.30. The van der Waals surface area contributed by atoms with E-state index in [0.29, 0.717) is 6.54 Å². The Morgan fingerprint density at radius 2 is 1.94 bits per heavy atom. The standard InChI is InChI=1S/C13H16N4/c1-10-2-3-12(8-14)13(17-10)16-9-11-4-6-15-7-5-11/h2-7H,8-9,14H2,1H3,(H,16,17). The molecule has 2 aromatic rings. The van der Waals surface area contributed by atoms with Crippen molar-refractivity contribution in [1.29, 1.82) is 0 Å². The molecule has 2 heterocycles. The third-order valence-electron chi connectivity index (χ3n) is 2.55. The second-order valence-corrected chi connectivity index (χ2v) is 3.87. The summed E-state index contributed by atoms with van der Waals surface area (Å²) in [6.45, 7) is 3.19. The van der Waals surface area contributed by atoms with Gasteiger partial charge in [0.2, 0.25) is 0 Å². The molecule has 0 aliphatic heterocycles. The summed E-state index contributed by atoms with van der Waals surface area (Å²) in [7, 11) is 0. The average molecular weight is 228 g/mol. The fourth-order valence-electron chi connectivity index (χ4n) is 1.59. The first kappa shape index (κ1) is 11.5. The summed E-state index contributed by atoms with van der Waals surface area (Å²) in [6.07, 6.45) is 3.56. The smallest absolute Gasteiger partial charge is 0.131 e. The van der Waals surface area contributed by atoms with Gasteiger partial charge in [0, 0.05) is 36.7 Å². The van der Waals surface area contributed by atoms with E-state index in [4.69, 9.17) is 5.73 Å². The molecule has 0 saturated heterocycles. The maximum atomic E-state index is 5.68. The van der Waals surface area contributed by atoms with Gasteiger partial charge in [0.25, 0.3) is 0 Å². The van der Waals surface area contributed by atoms with Crippen LogP contribution in [-0.4, -0.2) is 9.97 Å². The Morgan fingerprint density at radius 3 is 2.65 bits per heavy atom. The molecule has 2 aromatic heterocycles. The average Bonchev–Trinajstić information content (AvgIpc) is 2.38. The third-order valence-corrected chi connectivity index (χ3v) is 2.55. The van der Waals surface area contributed by atoms with Gasteiger partial charge < -0.3 is 11.1 Å². The molecule has 0 saturated carbocycles. The lowest BCUT2D eigenvalue weighted by molar-refractivity contribution is 1.00. The monoisotopic (exact) mass is 228 g/mol.